The van der Waals surface area contributed by atoms with Crippen molar-refractivity contribution in [3.63, 3.8) is 0 Å². The summed E-state index contributed by atoms with van der Waals surface area (Å²) in [7, 11) is 0. The lowest BCUT2D eigenvalue weighted by atomic mass is 9.77. The molecule has 4 N–H and O–H groups in total. The highest BCUT2D eigenvalue weighted by Crippen LogP contribution is 2.46. The van der Waals surface area contributed by atoms with E-state index in [1.807, 2.05) is 36.4 Å². The molecule has 2 aromatic carbocycles. The predicted octanol–water partition coefficient (Wildman–Crippen LogP) is 7.09. The minimum Gasteiger partial charge on any atom is -0.369 e. The van der Waals surface area contributed by atoms with Gasteiger partial charge in [-0.05, 0) is 104 Å². The standard InChI is InChI=1S/C39H51ClN8O2/c1-3-36(49)44-32-7-4-6-29(23-32)25-42-38-35(40)26-43-39(46-38)45-31-12-14-33(15-13-31)48-20-18-47(19-21-48)17-5-16-41-37(50)24-34-27(2)22-28-8-10-30(34)11-9-28/h3-4,6-7,12-15,23,26-28,30,34H,1,5,8-11,16-22,24-25H2,2H3,(H,41,50)(H,44,49)(H2,42,43,45,46)/t27-,28?,30?,34?/m1/s1. The smallest absolute Gasteiger partial charge is 0.247 e. The fraction of sp³-hybridized carbons (Fsp3) is 0.487. The Hall–Kier alpha value is -4.15. The molecule has 2 atom stereocenters. The van der Waals surface area contributed by atoms with Gasteiger partial charge in [0.05, 0.1) is 6.20 Å². The molecule has 1 aliphatic heterocycles. The molecule has 266 valence electrons. The first kappa shape index (κ1) is 35.7. The van der Waals surface area contributed by atoms with E-state index in [1.165, 1.54) is 43.9 Å². The Morgan fingerprint density at radius 3 is 2.56 bits per heavy atom. The van der Waals surface area contributed by atoms with Crippen LogP contribution in [0.2, 0.25) is 5.02 Å². The van der Waals surface area contributed by atoms with E-state index >= 15 is 0 Å². The number of fused-ring (bicyclic) bond motifs is 4. The van der Waals surface area contributed by atoms with Crippen LogP contribution < -0.4 is 26.2 Å². The number of nitrogens with one attached hydrogen (secondary N) is 4. The van der Waals surface area contributed by atoms with Gasteiger partial charge < -0.3 is 26.2 Å². The molecule has 11 heteroatoms. The zero-order chi connectivity index (χ0) is 34.9. The summed E-state index contributed by atoms with van der Waals surface area (Å²) in [6.45, 7) is 12.1. The third-order valence-electron chi connectivity index (χ3n) is 10.8. The Labute approximate surface area is 301 Å². The summed E-state index contributed by atoms with van der Waals surface area (Å²) in [4.78, 5) is 38.3. The first-order chi connectivity index (χ1) is 24.3. The number of amides is 2. The number of carbonyl (C=O) groups excluding carboxylic acids is 2. The quantitative estimate of drug-likeness (QED) is 0.104. The molecule has 3 saturated carbocycles. The van der Waals surface area contributed by atoms with E-state index in [0.29, 0.717) is 47.3 Å². The average molecular weight is 699 g/mol. The third kappa shape index (κ3) is 9.75. The average Bonchev–Trinajstić information content (AvgIpc) is 3.37. The van der Waals surface area contributed by atoms with Gasteiger partial charge in [0.15, 0.2) is 5.82 Å². The summed E-state index contributed by atoms with van der Waals surface area (Å²) in [5, 5.41) is 13.0. The number of hydrogen-bond donors (Lipinski definition) is 4. The minimum absolute atomic E-state index is 0.255. The summed E-state index contributed by atoms with van der Waals surface area (Å²) in [5.74, 6) is 3.86. The summed E-state index contributed by atoms with van der Waals surface area (Å²) in [5.41, 5.74) is 3.72. The van der Waals surface area contributed by atoms with E-state index in [2.05, 4.69) is 66.7 Å². The fourth-order valence-corrected chi connectivity index (χ4v) is 8.16. The SMILES string of the molecule is C=CC(=O)Nc1cccc(CNc2nc(Nc3ccc(N4CCN(CCCNC(=O)CC5C6CCC(CC6)C[C@H]5C)CC4)cc3)ncc2Cl)c1. The zero-order valence-electron chi connectivity index (χ0n) is 29.2. The van der Waals surface area contributed by atoms with Crippen LogP contribution in [0.5, 0.6) is 0 Å². The Morgan fingerprint density at radius 2 is 1.80 bits per heavy atom. The molecule has 1 saturated heterocycles. The highest BCUT2D eigenvalue weighted by Gasteiger charge is 2.37. The van der Waals surface area contributed by atoms with Crippen molar-refractivity contribution in [2.45, 2.75) is 58.4 Å². The van der Waals surface area contributed by atoms with Crippen molar-refractivity contribution in [1.29, 1.82) is 0 Å². The van der Waals surface area contributed by atoms with Gasteiger partial charge in [-0.3, -0.25) is 14.5 Å². The third-order valence-corrected chi connectivity index (χ3v) is 11.0. The summed E-state index contributed by atoms with van der Waals surface area (Å²) in [6, 6.07) is 15.9. The molecule has 4 aliphatic rings. The number of nitrogens with zero attached hydrogens (tertiary/aromatic N) is 4. The molecule has 7 rings (SSSR count). The van der Waals surface area contributed by atoms with Gasteiger partial charge in [0.25, 0.3) is 0 Å². The Kier molecular flexibility index (Phi) is 12.3. The van der Waals surface area contributed by atoms with Crippen molar-refractivity contribution in [2.24, 2.45) is 23.7 Å². The van der Waals surface area contributed by atoms with E-state index in [-0.39, 0.29) is 11.8 Å². The molecule has 0 spiro atoms. The molecule has 50 heavy (non-hydrogen) atoms. The van der Waals surface area contributed by atoms with Gasteiger partial charge in [0.2, 0.25) is 17.8 Å². The molecule has 1 unspecified atom stereocenters. The Morgan fingerprint density at radius 1 is 1.02 bits per heavy atom. The van der Waals surface area contributed by atoms with Gasteiger partial charge in [-0.1, -0.05) is 50.1 Å². The maximum absolute atomic E-state index is 12.8. The Balaban J connectivity index is 0.905. The Bertz CT molecular complexity index is 1600. The number of halogens is 1. The molecule has 0 radical (unpaired) electrons. The van der Waals surface area contributed by atoms with E-state index in [1.54, 1.807) is 6.20 Å². The maximum Gasteiger partial charge on any atom is 0.247 e. The van der Waals surface area contributed by atoms with Crippen molar-refractivity contribution in [2.75, 3.05) is 60.1 Å². The van der Waals surface area contributed by atoms with E-state index in [0.717, 1.165) is 68.8 Å². The second-order valence-electron chi connectivity index (χ2n) is 14.2. The molecular weight excluding hydrogens is 648 g/mol. The number of hydrogen-bond acceptors (Lipinski definition) is 8. The lowest BCUT2D eigenvalue weighted by Gasteiger charge is -2.36. The van der Waals surface area contributed by atoms with Gasteiger partial charge >= 0.3 is 0 Å². The van der Waals surface area contributed by atoms with Crippen molar-refractivity contribution in [1.82, 2.24) is 20.2 Å². The van der Waals surface area contributed by atoms with Gasteiger partial charge in [-0.25, -0.2) is 4.98 Å². The van der Waals surface area contributed by atoms with Gasteiger partial charge in [-0.2, -0.15) is 4.98 Å². The number of piperazine rings is 1. The zero-order valence-corrected chi connectivity index (χ0v) is 29.9. The molecule has 2 bridgehead atoms. The van der Waals surface area contributed by atoms with E-state index in [9.17, 15) is 9.59 Å². The topological polar surface area (TPSA) is 115 Å². The highest BCUT2D eigenvalue weighted by molar-refractivity contribution is 6.32. The fourth-order valence-electron chi connectivity index (χ4n) is 8.01. The van der Waals surface area contributed by atoms with Crippen LogP contribution >= 0.6 is 11.6 Å². The molecule has 4 fully saturated rings. The second-order valence-corrected chi connectivity index (χ2v) is 14.6. The molecular formula is C39H51ClN8O2. The van der Waals surface area contributed by atoms with Gasteiger partial charge in [-0.15, -0.1) is 0 Å². The van der Waals surface area contributed by atoms with Crippen LogP contribution in [0.4, 0.5) is 28.8 Å². The minimum atomic E-state index is -0.259. The van der Waals surface area contributed by atoms with E-state index in [4.69, 9.17) is 11.6 Å². The van der Waals surface area contributed by atoms with Gasteiger partial charge in [0, 0.05) is 62.8 Å². The second kappa shape index (κ2) is 17.2. The number of benzene rings is 2. The predicted molar refractivity (Wildman–Crippen MR) is 203 cm³/mol. The van der Waals surface area contributed by atoms with Crippen molar-refractivity contribution >= 4 is 52.2 Å². The summed E-state index contributed by atoms with van der Waals surface area (Å²) in [6.07, 6.45) is 11.3. The van der Waals surface area contributed by atoms with Gasteiger partial charge in [0.1, 0.15) is 5.02 Å². The maximum atomic E-state index is 12.8. The van der Waals surface area contributed by atoms with Crippen molar-refractivity contribution in [3.8, 4) is 0 Å². The molecule has 10 nitrogen and oxygen atoms in total. The van der Waals surface area contributed by atoms with Crippen LogP contribution in [0.3, 0.4) is 0 Å². The van der Waals surface area contributed by atoms with Crippen LogP contribution in [-0.4, -0.2) is 66.0 Å². The van der Waals surface area contributed by atoms with Crippen molar-refractivity contribution in [3.05, 3.63) is 78.0 Å². The number of aromatic nitrogens is 2. The van der Waals surface area contributed by atoms with Crippen LogP contribution in [0.15, 0.2) is 67.4 Å². The van der Waals surface area contributed by atoms with Crippen LogP contribution in [0.1, 0.15) is 57.4 Å². The molecule has 3 aromatic rings. The van der Waals surface area contributed by atoms with Crippen LogP contribution in [0, 0.1) is 23.7 Å². The molecule has 2 heterocycles. The first-order valence-electron chi connectivity index (χ1n) is 18.2. The molecule has 3 aliphatic carbocycles. The summed E-state index contributed by atoms with van der Waals surface area (Å²) >= 11 is 6.39. The lowest BCUT2D eigenvalue weighted by molar-refractivity contribution is -0.123. The number of carbonyl (C=O) groups is 2. The largest absolute Gasteiger partial charge is 0.369 e. The first-order valence-corrected chi connectivity index (χ1v) is 18.6. The lowest BCUT2D eigenvalue weighted by Crippen LogP contribution is -2.47. The number of rotatable bonds is 14. The van der Waals surface area contributed by atoms with Crippen LogP contribution in [0.25, 0.3) is 0 Å². The normalized spacial score (nSPS) is 22.0. The number of anilines is 5. The summed E-state index contributed by atoms with van der Waals surface area (Å²) < 4.78 is 0. The monoisotopic (exact) mass is 698 g/mol. The highest BCUT2D eigenvalue weighted by atomic mass is 35.5. The molecule has 1 aromatic heterocycles. The van der Waals surface area contributed by atoms with Crippen molar-refractivity contribution < 1.29 is 9.59 Å². The van der Waals surface area contributed by atoms with Crippen LogP contribution in [-0.2, 0) is 16.1 Å². The molecule has 2 amide bonds. The van der Waals surface area contributed by atoms with E-state index < -0.39 is 0 Å².